The monoisotopic (exact) mass is 389 g/mol. The molecule has 2 rings (SSSR count). The van der Waals surface area contributed by atoms with Crippen LogP contribution in [0.2, 0.25) is 5.02 Å². The summed E-state index contributed by atoms with van der Waals surface area (Å²) < 4.78 is 14.1. The summed E-state index contributed by atoms with van der Waals surface area (Å²) in [6, 6.07) is 3.02. The maximum absolute atomic E-state index is 14.1. The number of aliphatic hydroxyl groups is 3. The van der Waals surface area contributed by atoms with E-state index in [1.54, 1.807) is 0 Å². The largest absolute Gasteiger partial charge is 0.503 e. The molecule has 0 bridgehead atoms. The molecule has 0 aliphatic carbocycles. The highest BCUT2D eigenvalue weighted by Gasteiger charge is 2.26. The third-order valence-electron chi connectivity index (χ3n) is 3.40. The van der Waals surface area contributed by atoms with Crippen molar-refractivity contribution in [2.24, 2.45) is 0 Å². The molecule has 0 radical (unpaired) electrons. The summed E-state index contributed by atoms with van der Waals surface area (Å²) in [6.45, 7) is 0. The van der Waals surface area contributed by atoms with Gasteiger partial charge in [0.25, 0.3) is 0 Å². The zero-order chi connectivity index (χ0) is 19.8. The first-order valence-corrected chi connectivity index (χ1v) is 7.22. The van der Waals surface area contributed by atoms with Crippen molar-refractivity contribution in [2.75, 3.05) is 5.32 Å². The van der Waals surface area contributed by atoms with Crippen LogP contribution in [0.5, 0.6) is 17.2 Å². The molecule has 0 fully saturated rings. The van der Waals surface area contributed by atoms with Gasteiger partial charge in [-0.2, -0.15) is 0 Å². The lowest BCUT2D eigenvalue weighted by molar-refractivity contribution is -0.323. The van der Waals surface area contributed by atoms with E-state index in [2.05, 4.69) is 5.32 Å². The second kappa shape index (κ2) is 6.84. The van der Waals surface area contributed by atoms with Crippen molar-refractivity contribution >= 4 is 28.9 Å². The number of phenolic OH excluding ortho intramolecular Hbond substituents is 3. The maximum atomic E-state index is 14.1. The minimum atomic E-state index is -3.23. The van der Waals surface area contributed by atoms with Crippen molar-refractivity contribution in [1.29, 1.82) is 0 Å². The molecule has 11 heteroatoms. The van der Waals surface area contributed by atoms with E-state index in [0.717, 1.165) is 18.2 Å². The van der Waals surface area contributed by atoms with Crippen molar-refractivity contribution in [1.82, 2.24) is 0 Å². The second-order valence-electron chi connectivity index (χ2n) is 5.25. The van der Waals surface area contributed by atoms with Gasteiger partial charge in [-0.3, -0.25) is 4.79 Å². The first-order chi connectivity index (χ1) is 11.9. The van der Waals surface area contributed by atoms with Crippen LogP contribution in [0.1, 0.15) is 11.1 Å². The van der Waals surface area contributed by atoms with Gasteiger partial charge in [-0.05, 0) is 23.8 Å². The third-order valence-corrected chi connectivity index (χ3v) is 3.77. The number of benzene rings is 2. The van der Waals surface area contributed by atoms with E-state index in [9.17, 15) is 39.8 Å². The fourth-order valence-electron chi connectivity index (χ4n) is 2.13. The van der Waals surface area contributed by atoms with Gasteiger partial charge in [-0.25, -0.2) is 4.39 Å². The number of hydrogen-bond acceptors (Lipinski definition) is 8. The zero-order valence-corrected chi connectivity index (χ0v) is 13.5. The first-order valence-electron chi connectivity index (χ1n) is 6.84. The average molecular weight is 390 g/mol. The van der Waals surface area contributed by atoms with Gasteiger partial charge < -0.3 is 41.1 Å². The van der Waals surface area contributed by atoms with Crippen LogP contribution in [0, 0.1) is 5.82 Å². The lowest BCUT2D eigenvalue weighted by Crippen LogP contribution is -2.24. The quantitative estimate of drug-likeness (QED) is 0.211. The molecule has 2 aromatic carbocycles. The Kier molecular flexibility index (Phi) is 5.14. The highest BCUT2D eigenvalue weighted by atomic mass is 35.5. The summed E-state index contributed by atoms with van der Waals surface area (Å²) in [5.74, 6) is -9.45. The molecular formula is C15H13ClFNO8. The molecule has 0 saturated carbocycles. The van der Waals surface area contributed by atoms with E-state index in [1.165, 1.54) is 0 Å². The molecule has 0 heterocycles. The summed E-state index contributed by atoms with van der Waals surface area (Å²) >= 11 is 5.73. The first kappa shape index (κ1) is 19.5. The number of nitrogens with one attached hydrogen (secondary N) is 1. The summed E-state index contributed by atoms with van der Waals surface area (Å²) in [7, 11) is 0. The number of phenols is 3. The minimum Gasteiger partial charge on any atom is -0.503 e. The molecular weight excluding hydrogens is 377 g/mol. The van der Waals surface area contributed by atoms with Gasteiger partial charge in [0.2, 0.25) is 5.75 Å². The van der Waals surface area contributed by atoms with Gasteiger partial charge in [0.15, 0.2) is 17.3 Å². The predicted octanol–water partition coefficient (Wildman–Crippen LogP) is 1.05. The molecule has 26 heavy (non-hydrogen) atoms. The van der Waals surface area contributed by atoms with Gasteiger partial charge >= 0.3 is 11.9 Å². The Morgan fingerprint density at radius 1 is 1.12 bits per heavy atom. The number of aliphatic carboxylic acids is 1. The standard InChI is InChI=1S/C15H13ClFNO8/c16-9-11(10(17)13(22)14(23)12(9)21)18-7-2-1-6(15(24,25)26)3-5(7)4-8(19)20/h1-3,18,21-26H,4H2,(H,19,20). The van der Waals surface area contributed by atoms with Crippen LogP contribution in [0.3, 0.4) is 0 Å². The number of carboxylic acids is 1. The van der Waals surface area contributed by atoms with E-state index in [0.29, 0.717) is 0 Å². The van der Waals surface area contributed by atoms with Crippen LogP contribution < -0.4 is 5.32 Å². The summed E-state index contributed by atoms with van der Waals surface area (Å²) in [5, 5.41) is 66.6. The SMILES string of the molecule is O=C(O)Cc1cc(C(O)(O)O)ccc1Nc1c(F)c(O)c(O)c(O)c1Cl. The average Bonchev–Trinajstić information content (AvgIpc) is 2.54. The Bertz CT molecular complexity index is 852. The minimum absolute atomic E-state index is 0.0920. The Hall–Kier alpha value is -2.79. The molecule has 0 aliphatic heterocycles. The topological polar surface area (TPSA) is 171 Å². The van der Waals surface area contributed by atoms with Crippen LogP contribution in [0.4, 0.5) is 15.8 Å². The normalized spacial score (nSPS) is 11.4. The van der Waals surface area contributed by atoms with Crippen LogP contribution in [-0.2, 0) is 17.2 Å². The third kappa shape index (κ3) is 3.73. The van der Waals surface area contributed by atoms with Gasteiger partial charge in [-0.15, -0.1) is 0 Å². The van der Waals surface area contributed by atoms with E-state index in [4.69, 9.17) is 16.7 Å². The number of hydrogen-bond donors (Lipinski definition) is 8. The lowest BCUT2D eigenvalue weighted by atomic mass is 10.0. The van der Waals surface area contributed by atoms with Crippen molar-refractivity contribution in [2.45, 2.75) is 12.4 Å². The molecule has 0 amide bonds. The molecule has 2 aromatic rings. The molecule has 0 aliphatic rings. The molecule has 0 saturated heterocycles. The van der Waals surface area contributed by atoms with E-state index < -0.39 is 57.7 Å². The van der Waals surface area contributed by atoms with Crippen molar-refractivity contribution in [3.8, 4) is 17.2 Å². The maximum Gasteiger partial charge on any atom is 0.307 e. The smallest absolute Gasteiger partial charge is 0.307 e. The van der Waals surface area contributed by atoms with E-state index >= 15 is 0 Å². The van der Waals surface area contributed by atoms with E-state index in [-0.39, 0.29) is 11.3 Å². The molecule has 0 aromatic heterocycles. The van der Waals surface area contributed by atoms with Crippen molar-refractivity contribution in [3.05, 3.63) is 40.2 Å². The molecule has 0 atom stereocenters. The lowest BCUT2D eigenvalue weighted by Gasteiger charge is -2.19. The fourth-order valence-corrected chi connectivity index (χ4v) is 2.35. The Balaban J connectivity index is 2.58. The second-order valence-corrected chi connectivity index (χ2v) is 5.63. The highest BCUT2D eigenvalue weighted by Crippen LogP contribution is 2.48. The number of carbonyl (C=O) groups is 1. The Labute approximate surface area is 149 Å². The molecule has 9 nitrogen and oxygen atoms in total. The highest BCUT2D eigenvalue weighted by molar-refractivity contribution is 6.35. The molecule has 140 valence electrons. The van der Waals surface area contributed by atoms with Crippen LogP contribution >= 0.6 is 11.6 Å². The van der Waals surface area contributed by atoms with E-state index in [1.807, 2.05) is 0 Å². The van der Waals surface area contributed by atoms with Crippen molar-refractivity contribution < 1.29 is 44.9 Å². The van der Waals surface area contributed by atoms with Crippen LogP contribution in [0.15, 0.2) is 18.2 Å². The number of halogens is 2. The Morgan fingerprint density at radius 2 is 1.73 bits per heavy atom. The molecule has 0 unspecified atom stereocenters. The predicted molar refractivity (Wildman–Crippen MR) is 85.8 cm³/mol. The fraction of sp³-hybridized carbons (Fsp3) is 0.133. The summed E-state index contributed by atoms with van der Waals surface area (Å²) in [5.41, 5.74) is -1.32. The summed E-state index contributed by atoms with van der Waals surface area (Å²) in [4.78, 5) is 11.0. The number of carboxylic acid groups (broad SMARTS) is 1. The Morgan fingerprint density at radius 3 is 2.27 bits per heavy atom. The van der Waals surface area contributed by atoms with Gasteiger partial charge in [-0.1, -0.05) is 11.6 Å². The van der Waals surface area contributed by atoms with Crippen molar-refractivity contribution in [3.63, 3.8) is 0 Å². The van der Waals surface area contributed by atoms with Crippen LogP contribution in [0.25, 0.3) is 0 Å². The van der Waals surface area contributed by atoms with Crippen LogP contribution in [-0.4, -0.2) is 41.7 Å². The summed E-state index contributed by atoms with van der Waals surface area (Å²) in [6.07, 6.45) is -0.665. The van der Waals surface area contributed by atoms with Gasteiger partial charge in [0.05, 0.1) is 6.42 Å². The number of aromatic hydroxyl groups is 3. The number of anilines is 2. The molecule has 0 spiro atoms. The number of rotatable bonds is 5. The molecule has 8 N–H and O–H groups in total. The van der Waals surface area contributed by atoms with Gasteiger partial charge in [0.1, 0.15) is 10.7 Å². The van der Waals surface area contributed by atoms with Gasteiger partial charge in [0, 0.05) is 11.3 Å². The zero-order valence-electron chi connectivity index (χ0n) is 12.7.